The highest BCUT2D eigenvalue weighted by molar-refractivity contribution is 7.80. The zero-order valence-corrected chi connectivity index (χ0v) is 19.1. The lowest BCUT2D eigenvalue weighted by Gasteiger charge is -2.29. The third-order valence-electron chi connectivity index (χ3n) is 5.86. The van der Waals surface area contributed by atoms with E-state index in [1.807, 2.05) is 29.2 Å². The lowest BCUT2D eigenvalue weighted by molar-refractivity contribution is -0.384. The van der Waals surface area contributed by atoms with Gasteiger partial charge in [0.25, 0.3) is 11.6 Å². The van der Waals surface area contributed by atoms with Gasteiger partial charge in [-0.3, -0.25) is 20.2 Å². The predicted molar refractivity (Wildman–Crippen MR) is 132 cm³/mol. The maximum absolute atomic E-state index is 12.7. The molecule has 0 bridgehead atoms. The van der Waals surface area contributed by atoms with Crippen molar-refractivity contribution >= 4 is 46.0 Å². The van der Waals surface area contributed by atoms with E-state index in [-0.39, 0.29) is 16.4 Å². The Labute approximate surface area is 197 Å². The number of nitrogens with zero attached hydrogens (tertiary/aromatic N) is 3. The molecule has 0 spiro atoms. The van der Waals surface area contributed by atoms with Gasteiger partial charge in [0.2, 0.25) is 0 Å². The van der Waals surface area contributed by atoms with E-state index in [2.05, 4.69) is 15.5 Å². The summed E-state index contributed by atoms with van der Waals surface area (Å²) in [5.74, 6) is -0.495. The number of morpholine rings is 1. The first kappa shape index (κ1) is 22.9. The minimum absolute atomic E-state index is 0.0675. The van der Waals surface area contributed by atoms with E-state index in [0.29, 0.717) is 18.9 Å². The molecule has 0 atom stereocenters. The third kappa shape index (κ3) is 5.77. The standard InChI is InChI=1S/C23H27N5O4S/c29-22(17-4-9-20(21(16-17)28(30)31)27-10-2-1-3-11-27)25-23(33)24-18-5-7-19(8-6-18)26-12-14-32-15-13-26/h4-9,16H,1-3,10-15H2,(H2,24,25,29,33). The van der Waals surface area contributed by atoms with E-state index in [1.165, 1.54) is 6.07 Å². The molecule has 2 saturated heterocycles. The minimum atomic E-state index is -0.495. The topological polar surface area (TPSA) is 100.0 Å². The summed E-state index contributed by atoms with van der Waals surface area (Å²) >= 11 is 5.27. The van der Waals surface area contributed by atoms with Gasteiger partial charge in [-0.1, -0.05) is 0 Å². The van der Waals surface area contributed by atoms with Crippen molar-refractivity contribution in [2.75, 3.05) is 54.5 Å². The fourth-order valence-electron chi connectivity index (χ4n) is 4.13. The van der Waals surface area contributed by atoms with Crippen molar-refractivity contribution in [3.8, 4) is 0 Å². The van der Waals surface area contributed by atoms with Crippen molar-refractivity contribution in [1.29, 1.82) is 0 Å². The van der Waals surface area contributed by atoms with Crippen LogP contribution in [0.25, 0.3) is 0 Å². The number of hydrogen-bond acceptors (Lipinski definition) is 7. The average Bonchev–Trinajstić information content (AvgIpc) is 2.85. The monoisotopic (exact) mass is 469 g/mol. The van der Waals surface area contributed by atoms with Crippen molar-refractivity contribution in [1.82, 2.24) is 5.32 Å². The minimum Gasteiger partial charge on any atom is -0.378 e. The van der Waals surface area contributed by atoms with E-state index in [0.717, 1.165) is 56.8 Å². The predicted octanol–water partition coefficient (Wildman–Crippen LogP) is 3.55. The van der Waals surface area contributed by atoms with Crippen molar-refractivity contribution < 1.29 is 14.5 Å². The van der Waals surface area contributed by atoms with Gasteiger partial charge in [-0.15, -0.1) is 0 Å². The normalized spacial score (nSPS) is 16.2. The number of thiocarbonyl (C=S) groups is 1. The smallest absolute Gasteiger partial charge is 0.293 e. The van der Waals surface area contributed by atoms with Crippen LogP contribution in [0.4, 0.5) is 22.7 Å². The highest BCUT2D eigenvalue weighted by atomic mass is 32.1. The number of nitro benzene ring substituents is 1. The Hall–Kier alpha value is -3.24. The molecule has 9 nitrogen and oxygen atoms in total. The van der Waals surface area contributed by atoms with Gasteiger partial charge in [-0.25, -0.2) is 0 Å². The number of amides is 1. The van der Waals surface area contributed by atoms with Gasteiger partial charge in [-0.2, -0.15) is 0 Å². The molecule has 2 aromatic carbocycles. The van der Waals surface area contributed by atoms with Crippen LogP contribution in [0.3, 0.4) is 0 Å². The van der Waals surface area contributed by atoms with Crippen molar-refractivity contribution in [3.05, 3.63) is 58.1 Å². The zero-order chi connectivity index (χ0) is 23.2. The maximum Gasteiger partial charge on any atom is 0.293 e. The Kier molecular flexibility index (Phi) is 7.36. The Morgan fingerprint density at radius 2 is 1.67 bits per heavy atom. The van der Waals surface area contributed by atoms with Crippen molar-refractivity contribution in [2.24, 2.45) is 0 Å². The number of hydrogen-bond donors (Lipinski definition) is 2. The summed E-state index contributed by atoms with van der Waals surface area (Å²) in [6, 6.07) is 12.3. The van der Waals surface area contributed by atoms with Crippen LogP contribution in [0.2, 0.25) is 0 Å². The maximum atomic E-state index is 12.7. The summed E-state index contributed by atoms with van der Waals surface area (Å²) in [4.78, 5) is 28.1. The molecule has 2 aliphatic heterocycles. The van der Waals surface area contributed by atoms with Crippen LogP contribution in [-0.4, -0.2) is 55.3 Å². The fraction of sp³-hybridized carbons (Fsp3) is 0.391. The lowest BCUT2D eigenvalue weighted by Crippen LogP contribution is -2.36. The van der Waals surface area contributed by atoms with Crippen molar-refractivity contribution in [3.63, 3.8) is 0 Å². The van der Waals surface area contributed by atoms with Crippen molar-refractivity contribution in [2.45, 2.75) is 19.3 Å². The largest absolute Gasteiger partial charge is 0.378 e. The number of nitro groups is 1. The van der Waals surface area contributed by atoms with Gasteiger partial charge < -0.3 is 19.9 Å². The fourth-order valence-corrected chi connectivity index (χ4v) is 4.34. The van der Waals surface area contributed by atoms with Crippen LogP contribution in [0.1, 0.15) is 29.6 Å². The second kappa shape index (κ2) is 10.6. The molecule has 174 valence electrons. The summed E-state index contributed by atoms with van der Waals surface area (Å²) in [6.07, 6.45) is 3.14. The molecule has 0 aliphatic carbocycles. The molecule has 0 saturated carbocycles. The molecule has 2 N–H and O–H groups in total. The second-order valence-corrected chi connectivity index (χ2v) is 8.47. The summed E-state index contributed by atoms with van der Waals surface area (Å²) in [5, 5.41) is 17.4. The van der Waals surface area contributed by atoms with Crippen LogP contribution < -0.4 is 20.4 Å². The molecule has 33 heavy (non-hydrogen) atoms. The summed E-state index contributed by atoms with van der Waals surface area (Å²) in [7, 11) is 0. The quantitative estimate of drug-likeness (QED) is 0.390. The zero-order valence-electron chi connectivity index (χ0n) is 18.3. The molecule has 0 unspecified atom stereocenters. The first-order chi connectivity index (χ1) is 16.0. The Bertz CT molecular complexity index is 1020. The number of nitrogens with one attached hydrogen (secondary N) is 2. The number of carbonyl (C=O) groups excluding carboxylic acids is 1. The SMILES string of the molecule is O=C(NC(=S)Nc1ccc(N2CCOCC2)cc1)c1ccc(N2CCCCC2)c([N+](=O)[O-])c1. The molecule has 10 heteroatoms. The van der Waals surface area contributed by atoms with E-state index in [1.54, 1.807) is 12.1 Å². The number of benzene rings is 2. The number of piperidine rings is 1. The number of anilines is 3. The Morgan fingerprint density at radius 1 is 0.970 bits per heavy atom. The number of rotatable bonds is 5. The van der Waals surface area contributed by atoms with E-state index in [9.17, 15) is 14.9 Å². The van der Waals surface area contributed by atoms with Gasteiger partial charge in [0.05, 0.1) is 18.1 Å². The third-order valence-corrected chi connectivity index (χ3v) is 6.06. The van der Waals surface area contributed by atoms with E-state index in [4.69, 9.17) is 17.0 Å². The molecular weight excluding hydrogens is 442 g/mol. The molecule has 0 radical (unpaired) electrons. The Balaban J connectivity index is 1.38. The van der Waals surface area contributed by atoms with Crippen LogP contribution in [-0.2, 0) is 4.74 Å². The number of ether oxygens (including phenoxy) is 1. The molecule has 1 amide bonds. The molecule has 2 heterocycles. The van der Waals surface area contributed by atoms with E-state index < -0.39 is 10.8 Å². The Morgan fingerprint density at radius 3 is 2.33 bits per heavy atom. The molecule has 2 aromatic rings. The molecular formula is C23H27N5O4S. The molecule has 2 fully saturated rings. The van der Waals surface area contributed by atoms with Crippen LogP contribution in [0.15, 0.2) is 42.5 Å². The van der Waals surface area contributed by atoms with Gasteiger partial charge in [-0.05, 0) is 67.9 Å². The highest BCUT2D eigenvalue weighted by Crippen LogP contribution is 2.31. The van der Waals surface area contributed by atoms with Crippen LogP contribution in [0, 0.1) is 10.1 Å². The highest BCUT2D eigenvalue weighted by Gasteiger charge is 2.23. The van der Waals surface area contributed by atoms with Gasteiger partial charge >= 0.3 is 0 Å². The number of carbonyl (C=O) groups is 1. The summed E-state index contributed by atoms with van der Waals surface area (Å²) < 4.78 is 5.38. The molecule has 0 aromatic heterocycles. The molecule has 2 aliphatic rings. The summed E-state index contributed by atoms with van der Waals surface area (Å²) in [6.45, 7) is 4.70. The van der Waals surface area contributed by atoms with Gasteiger partial charge in [0.15, 0.2) is 5.11 Å². The lowest BCUT2D eigenvalue weighted by atomic mass is 10.1. The molecule has 4 rings (SSSR count). The summed E-state index contributed by atoms with van der Waals surface area (Å²) in [5.41, 5.74) is 2.51. The van der Waals surface area contributed by atoms with Crippen LogP contribution >= 0.6 is 12.2 Å². The first-order valence-electron chi connectivity index (χ1n) is 11.1. The average molecular weight is 470 g/mol. The van der Waals surface area contributed by atoms with E-state index >= 15 is 0 Å². The van der Waals surface area contributed by atoms with Crippen LogP contribution in [0.5, 0.6) is 0 Å². The van der Waals surface area contributed by atoms with Gasteiger partial charge in [0.1, 0.15) is 5.69 Å². The first-order valence-corrected chi connectivity index (χ1v) is 11.5. The van der Waals surface area contributed by atoms with Gasteiger partial charge in [0, 0.05) is 49.2 Å². The second-order valence-electron chi connectivity index (χ2n) is 8.06.